The molecule has 2 unspecified atom stereocenters. The molecule has 2 aliphatic carbocycles. The van der Waals surface area contributed by atoms with E-state index in [-0.39, 0.29) is 0 Å². The van der Waals surface area contributed by atoms with Crippen LogP contribution in [0.4, 0.5) is 0 Å². The maximum absolute atomic E-state index is 5.07. The summed E-state index contributed by atoms with van der Waals surface area (Å²) in [6.45, 7) is 4.73. The van der Waals surface area contributed by atoms with Crippen LogP contribution in [0.5, 0.6) is 0 Å². The Morgan fingerprint density at radius 2 is 2.05 bits per heavy atom. The third-order valence-electron chi connectivity index (χ3n) is 5.72. The molecular weight excluding hydrogens is 264 g/mol. The molecular formula is C17H30N2S. The van der Waals surface area contributed by atoms with Crippen LogP contribution in [0.15, 0.2) is 4.99 Å². The molecule has 1 heterocycles. The van der Waals surface area contributed by atoms with Gasteiger partial charge in [0.2, 0.25) is 0 Å². The quantitative estimate of drug-likeness (QED) is 0.805. The van der Waals surface area contributed by atoms with Gasteiger partial charge >= 0.3 is 0 Å². The van der Waals surface area contributed by atoms with E-state index in [4.69, 9.17) is 4.99 Å². The second-order valence-electron chi connectivity index (χ2n) is 7.41. The van der Waals surface area contributed by atoms with Crippen LogP contribution in [0.1, 0.15) is 71.6 Å². The zero-order valence-corrected chi connectivity index (χ0v) is 14.0. The number of hydrogen-bond acceptors (Lipinski definition) is 2. The molecule has 20 heavy (non-hydrogen) atoms. The number of amidine groups is 1. The molecule has 2 atom stereocenters. The number of nitrogens with zero attached hydrogens (tertiary/aromatic N) is 1. The maximum atomic E-state index is 5.07. The number of thioether (sulfide) groups is 1. The largest absolute Gasteiger partial charge is 0.359 e. The first-order valence-corrected chi connectivity index (χ1v) is 9.66. The molecule has 3 rings (SSSR count). The van der Waals surface area contributed by atoms with Crippen LogP contribution in [-0.2, 0) is 0 Å². The highest BCUT2D eigenvalue weighted by Crippen LogP contribution is 2.39. The Kier molecular flexibility index (Phi) is 4.64. The number of nitrogens with one attached hydrogen (secondary N) is 1. The van der Waals surface area contributed by atoms with E-state index in [1.165, 1.54) is 68.7 Å². The number of hydrogen-bond donors (Lipinski definition) is 1. The Hall–Kier alpha value is -0.180. The van der Waals surface area contributed by atoms with Crippen molar-refractivity contribution in [3.63, 3.8) is 0 Å². The van der Waals surface area contributed by atoms with E-state index in [1.807, 2.05) is 11.8 Å². The normalized spacial score (nSPS) is 43.9. The van der Waals surface area contributed by atoms with Gasteiger partial charge in [-0.25, -0.2) is 0 Å². The molecule has 2 nitrogen and oxygen atoms in total. The first kappa shape index (κ1) is 14.7. The van der Waals surface area contributed by atoms with Crippen LogP contribution in [0.2, 0.25) is 0 Å². The molecule has 0 aromatic carbocycles. The minimum Gasteiger partial charge on any atom is -0.359 e. The van der Waals surface area contributed by atoms with Crippen LogP contribution < -0.4 is 5.32 Å². The van der Waals surface area contributed by atoms with E-state index in [0.29, 0.717) is 11.6 Å². The molecule has 3 heteroatoms. The first-order valence-electron chi connectivity index (χ1n) is 8.68. The van der Waals surface area contributed by atoms with Crippen LogP contribution in [0.3, 0.4) is 0 Å². The fourth-order valence-electron chi connectivity index (χ4n) is 4.08. The van der Waals surface area contributed by atoms with Crippen LogP contribution in [0.25, 0.3) is 0 Å². The van der Waals surface area contributed by atoms with Crippen molar-refractivity contribution in [3.05, 3.63) is 0 Å². The van der Waals surface area contributed by atoms with Crippen LogP contribution in [-0.4, -0.2) is 22.5 Å². The summed E-state index contributed by atoms with van der Waals surface area (Å²) in [5.74, 6) is 3.11. The van der Waals surface area contributed by atoms with Crippen molar-refractivity contribution in [2.45, 2.75) is 83.2 Å². The van der Waals surface area contributed by atoms with E-state index in [9.17, 15) is 0 Å². The van der Waals surface area contributed by atoms with Gasteiger partial charge in [0, 0.05) is 11.3 Å². The summed E-state index contributed by atoms with van der Waals surface area (Å²) in [5.41, 5.74) is 0.398. The van der Waals surface area contributed by atoms with Crippen molar-refractivity contribution in [2.24, 2.45) is 16.8 Å². The highest BCUT2D eigenvalue weighted by atomic mass is 32.2. The zero-order chi connectivity index (χ0) is 14.0. The second-order valence-corrected chi connectivity index (χ2v) is 8.37. The highest BCUT2D eigenvalue weighted by molar-refractivity contribution is 8.14. The lowest BCUT2D eigenvalue weighted by atomic mass is 9.78. The third-order valence-corrected chi connectivity index (χ3v) is 6.90. The van der Waals surface area contributed by atoms with Gasteiger partial charge in [-0.15, -0.1) is 0 Å². The lowest BCUT2D eigenvalue weighted by molar-refractivity contribution is 0.250. The smallest absolute Gasteiger partial charge is 0.157 e. The molecule has 0 radical (unpaired) electrons. The lowest BCUT2D eigenvalue weighted by Gasteiger charge is -2.35. The van der Waals surface area contributed by atoms with Crippen LogP contribution >= 0.6 is 11.8 Å². The molecule has 1 aliphatic heterocycles. The van der Waals surface area contributed by atoms with Gasteiger partial charge in [-0.2, -0.15) is 0 Å². The van der Waals surface area contributed by atoms with Gasteiger partial charge in [0.25, 0.3) is 0 Å². The summed E-state index contributed by atoms with van der Waals surface area (Å²) in [6, 6.07) is 0.598. The lowest BCUT2D eigenvalue weighted by Crippen LogP contribution is -2.46. The summed E-state index contributed by atoms with van der Waals surface area (Å²) in [6.07, 6.45) is 12.3. The topological polar surface area (TPSA) is 24.4 Å². The molecule has 0 amide bonds. The number of aliphatic imine (C=N–C) groups is 1. The van der Waals surface area contributed by atoms with Gasteiger partial charge in [0.05, 0.1) is 6.04 Å². The predicted octanol–water partition coefficient (Wildman–Crippen LogP) is 4.60. The van der Waals surface area contributed by atoms with E-state index < -0.39 is 0 Å². The average Bonchev–Trinajstić information content (AvgIpc) is 2.86. The molecule has 2 saturated carbocycles. The molecule has 1 saturated heterocycles. The standard InChI is InChI=1S/C17H30N2S/c1-3-14-5-4-6-15(11-14)18-16-19-17(12-20-16)9-7-13(2)8-10-17/h13-15H,3-12H2,1-2H3,(H,18,19). The molecule has 1 spiro atoms. The van der Waals surface area contributed by atoms with Crippen molar-refractivity contribution >= 4 is 16.9 Å². The monoisotopic (exact) mass is 294 g/mol. The van der Waals surface area contributed by atoms with Gasteiger partial charge in [-0.05, 0) is 50.4 Å². The van der Waals surface area contributed by atoms with Gasteiger partial charge in [-0.3, -0.25) is 4.99 Å². The molecule has 3 fully saturated rings. The molecule has 1 N–H and O–H groups in total. The van der Waals surface area contributed by atoms with E-state index >= 15 is 0 Å². The molecule has 0 aromatic heterocycles. The summed E-state index contributed by atoms with van der Waals surface area (Å²) in [4.78, 5) is 5.07. The fraction of sp³-hybridized carbons (Fsp3) is 0.941. The summed E-state index contributed by atoms with van der Waals surface area (Å²) in [5, 5.41) is 5.09. The molecule has 0 bridgehead atoms. The van der Waals surface area contributed by atoms with Crippen molar-refractivity contribution < 1.29 is 0 Å². The minimum atomic E-state index is 0.398. The van der Waals surface area contributed by atoms with Crippen molar-refractivity contribution in [2.75, 3.05) is 5.75 Å². The third kappa shape index (κ3) is 3.35. The zero-order valence-electron chi connectivity index (χ0n) is 13.2. The predicted molar refractivity (Wildman–Crippen MR) is 89.4 cm³/mol. The van der Waals surface area contributed by atoms with Gasteiger partial charge < -0.3 is 5.32 Å². The van der Waals surface area contributed by atoms with Gasteiger partial charge in [0.15, 0.2) is 5.17 Å². The summed E-state index contributed by atoms with van der Waals surface area (Å²) < 4.78 is 0. The number of rotatable bonds is 2. The van der Waals surface area contributed by atoms with E-state index in [0.717, 1.165) is 11.8 Å². The Labute approximate surface area is 128 Å². The summed E-state index contributed by atoms with van der Waals surface area (Å²) >= 11 is 1.99. The molecule has 114 valence electrons. The van der Waals surface area contributed by atoms with Crippen LogP contribution in [0, 0.1) is 11.8 Å². The maximum Gasteiger partial charge on any atom is 0.157 e. The molecule has 0 aromatic rings. The van der Waals surface area contributed by atoms with Gasteiger partial charge in [0.1, 0.15) is 0 Å². The Bertz CT molecular complexity index is 358. The Morgan fingerprint density at radius 3 is 2.80 bits per heavy atom. The van der Waals surface area contributed by atoms with E-state index in [1.54, 1.807) is 0 Å². The Balaban J connectivity index is 1.57. The highest BCUT2D eigenvalue weighted by Gasteiger charge is 2.39. The van der Waals surface area contributed by atoms with Crippen molar-refractivity contribution in [1.82, 2.24) is 5.32 Å². The average molecular weight is 295 g/mol. The minimum absolute atomic E-state index is 0.398. The van der Waals surface area contributed by atoms with Gasteiger partial charge in [-0.1, -0.05) is 44.9 Å². The second kappa shape index (κ2) is 6.29. The fourth-order valence-corrected chi connectivity index (χ4v) is 5.36. The van der Waals surface area contributed by atoms with E-state index in [2.05, 4.69) is 19.2 Å². The first-order chi connectivity index (χ1) is 9.69. The molecule has 3 aliphatic rings. The van der Waals surface area contributed by atoms with Crippen molar-refractivity contribution in [1.29, 1.82) is 0 Å². The Morgan fingerprint density at radius 1 is 1.25 bits per heavy atom. The SMILES string of the molecule is CCC1CCCC(N=C2NC3(CCC(C)CC3)CS2)C1. The summed E-state index contributed by atoms with van der Waals surface area (Å²) in [7, 11) is 0. The van der Waals surface area contributed by atoms with Crippen molar-refractivity contribution in [3.8, 4) is 0 Å².